The summed E-state index contributed by atoms with van der Waals surface area (Å²) >= 11 is 0. The Morgan fingerprint density at radius 1 is 0.605 bits per heavy atom. The number of rotatable bonds is 30. The Bertz CT molecular complexity index is 633. The van der Waals surface area contributed by atoms with Crippen molar-refractivity contribution < 1.29 is 24.4 Å². The minimum absolute atomic E-state index is 0.00330. The molecule has 5 nitrogen and oxygen atoms in total. The Kier molecular flexibility index (Phi) is 27.5. The van der Waals surface area contributed by atoms with Gasteiger partial charge in [-0.05, 0) is 56.8 Å². The van der Waals surface area contributed by atoms with Gasteiger partial charge in [-0.2, -0.15) is 0 Å². The van der Waals surface area contributed by atoms with Crippen LogP contribution >= 0.6 is 0 Å². The van der Waals surface area contributed by atoms with E-state index in [0.29, 0.717) is 31.3 Å². The third-order valence-electron chi connectivity index (χ3n) is 9.51. The summed E-state index contributed by atoms with van der Waals surface area (Å²) in [6.07, 6.45) is 31.4. The second-order valence-electron chi connectivity index (χ2n) is 13.7. The molecule has 254 valence electrons. The lowest BCUT2D eigenvalue weighted by Crippen LogP contribution is -2.86. The summed E-state index contributed by atoms with van der Waals surface area (Å²) in [4.78, 5) is 25.1. The van der Waals surface area contributed by atoms with Crippen LogP contribution in [0.1, 0.15) is 194 Å². The van der Waals surface area contributed by atoms with Gasteiger partial charge in [-0.1, -0.05) is 124 Å². The van der Waals surface area contributed by atoms with Crippen molar-refractivity contribution >= 4 is 11.9 Å². The van der Waals surface area contributed by atoms with Gasteiger partial charge < -0.3 is 14.8 Å². The fourth-order valence-corrected chi connectivity index (χ4v) is 6.56. The number of hydrogen-bond acceptors (Lipinski definition) is 4. The first-order valence-corrected chi connectivity index (χ1v) is 19.3. The average molecular weight is 609 g/mol. The van der Waals surface area contributed by atoms with E-state index in [2.05, 4.69) is 26.1 Å². The third kappa shape index (κ3) is 24.9. The lowest BCUT2D eigenvalue weighted by atomic mass is 9.95. The predicted octanol–water partition coefficient (Wildman–Crippen LogP) is 9.84. The maximum absolute atomic E-state index is 12.7. The smallest absolute Gasteiger partial charge is 0.306 e. The van der Waals surface area contributed by atoms with Crippen molar-refractivity contribution in [3.05, 3.63) is 0 Å². The second-order valence-corrected chi connectivity index (χ2v) is 13.7. The highest BCUT2D eigenvalue weighted by molar-refractivity contribution is 5.70. The molecule has 1 fully saturated rings. The van der Waals surface area contributed by atoms with E-state index in [9.17, 15) is 9.59 Å². The Morgan fingerprint density at radius 3 is 1.70 bits per heavy atom. The number of carbonyl (C=O) groups excluding carboxylic acids is 2. The molecular weight excluding hydrogens is 534 g/mol. The molecular formula is C38H74NO4+. The lowest BCUT2D eigenvalue weighted by Gasteiger charge is -2.22. The number of esters is 2. The van der Waals surface area contributed by atoms with Gasteiger partial charge in [-0.25, -0.2) is 0 Å². The molecule has 0 bridgehead atoms. The van der Waals surface area contributed by atoms with Crippen LogP contribution in [0.25, 0.3) is 0 Å². The molecule has 0 spiro atoms. The molecule has 2 unspecified atom stereocenters. The van der Waals surface area contributed by atoms with Crippen molar-refractivity contribution in [1.29, 1.82) is 0 Å². The van der Waals surface area contributed by atoms with E-state index < -0.39 is 0 Å². The molecule has 5 heteroatoms. The van der Waals surface area contributed by atoms with E-state index in [1.54, 1.807) is 0 Å². The molecule has 43 heavy (non-hydrogen) atoms. The monoisotopic (exact) mass is 609 g/mol. The van der Waals surface area contributed by atoms with E-state index in [1.165, 1.54) is 116 Å². The first-order chi connectivity index (χ1) is 21.1. The van der Waals surface area contributed by atoms with Crippen molar-refractivity contribution in [3.63, 3.8) is 0 Å². The minimum Gasteiger partial charge on any atom is -0.465 e. The predicted molar refractivity (Wildman–Crippen MR) is 181 cm³/mol. The average Bonchev–Trinajstić information content (AvgIpc) is 3.01. The number of quaternary nitrogens is 1. The maximum atomic E-state index is 12.7. The normalized spacial score (nSPS) is 15.3. The molecule has 2 atom stereocenters. The van der Waals surface area contributed by atoms with Crippen LogP contribution in [0.15, 0.2) is 0 Å². The summed E-state index contributed by atoms with van der Waals surface area (Å²) < 4.78 is 11.8. The topological polar surface area (TPSA) is 69.2 Å². The molecule has 0 radical (unpaired) electrons. The SMILES string of the molecule is CCCCCCCCCC(CCCCCCCCC(=O)OCC(CCCC)CCCCCC)OC(=O)CC1CC[NH2+]CC1. The summed E-state index contributed by atoms with van der Waals surface area (Å²) in [6, 6.07) is 0. The Morgan fingerprint density at radius 2 is 1.09 bits per heavy atom. The molecule has 1 aliphatic rings. The van der Waals surface area contributed by atoms with Crippen LogP contribution < -0.4 is 5.32 Å². The van der Waals surface area contributed by atoms with Crippen LogP contribution in [0.2, 0.25) is 0 Å². The number of piperidine rings is 1. The van der Waals surface area contributed by atoms with Gasteiger partial charge in [0.1, 0.15) is 6.10 Å². The molecule has 0 saturated carbocycles. The molecule has 0 aromatic heterocycles. The zero-order valence-corrected chi connectivity index (χ0v) is 29.2. The molecule has 0 aromatic rings. The largest absolute Gasteiger partial charge is 0.465 e. The van der Waals surface area contributed by atoms with E-state index in [0.717, 1.165) is 58.0 Å². The van der Waals surface area contributed by atoms with E-state index in [4.69, 9.17) is 9.47 Å². The first kappa shape index (κ1) is 39.9. The Balaban J connectivity index is 2.21. The summed E-state index contributed by atoms with van der Waals surface area (Å²) in [5, 5.41) is 2.36. The molecule has 0 aromatic carbocycles. The summed E-state index contributed by atoms with van der Waals surface area (Å²) in [5.41, 5.74) is 0. The second kappa shape index (κ2) is 29.6. The van der Waals surface area contributed by atoms with Crippen molar-refractivity contribution in [2.45, 2.75) is 200 Å². The van der Waals surface area contributed by atoms with Crippen molar-refractivity contribution in [1.82, 2.24) is 0 Å². The van der Waals surface area contributed by atoms with E-state index >= 15 is 0 Å². The fraction of sp³-hybridized carbons (Fsp3) is 0.947. The van der Waals surface area contributed by atoms with Crippen molar-refractivity contribution in [2.75, 3.05) is 19.7 Å². The molecule has 1 aliphatic heterocycles. The Hall–Kier alpha value is -1.10. The fourth-order valence-electron chi connectivity index (χ4n) is 6.56. The first-order valence-electron chi connectivity index (χ1n) is 19.3. The van der Waals surface area contributed by atoms with Gasteiger partial charge in [0.15, 0.2) is 0 Å². The summed E-state index contributed by atoms with van der Waals surface area (Å²) in [6.45, 7) is 9.68. The van der Waals surface area contributed by atoms with Crippen LogP contribution in [0, 0.1) is 11.8 Å². The van der Waals surface area contributed by atoms with Gasteiger partial charge in [-0.15, -0.1) is 0 Å². The molecule has 2 N–H and O–H groups in total. The molecule has 1 rings (SSSR count). The van der Waals surface area contributed by atoms with Gasteiger partial charge in [0.05, 0.1) is 19.7 Å². The summed E-state index contributed by atoms with van der Waals surface area (Å²) in [5.74, 6) is 1.10. The van der Waals surface area contributed by atoms with Gasteiger partial charge in [0, 0.05) is 25.7 Å². The van der Waals surface area contributed by atoms with Gasteiger partial charge in [0.2, 0.25) is 0 Å². The van der Waals surface area contributed by atoms with E-state index in [1.807, 2.05) is 0 Å². The quantitative estimate of drug-likeness (QED) is 0.0651. The highest BCUT2D eigenvalue weighted by Crippen LogP contribution is 2.21. The van der Waals surface area contributed by atoms with Crippen LogP contribution in [0.5, 0.6) is 0 Å². The molecule has 1 saturated heterocycles. The zero-order valence-electron chi connectivity index (χ0n) is 29.2. The van der Waals surface area contributed by atoms with Crippen LogP contribution in [0.4, 0.5) is 0 Å². The standard InChI is InChI=1S/C38H73NO4/c1-4-7-10-12-13-16-20-25-36(43-38(41)32-34-28-30-39-31-29-34)26-21-17-14-15-18-22-27-37(40)42-33-35(23-9-6-3)24-19-11-8-5-2/h34-36,39H,4-33H2,1-3H3/p+1. The number of nitrogens with two attached hydrogens (primary N) is 1. The highest BCUT2D eigenvalue weighted by Gasteiger charge is 2.22. The van der Waals surface area contributed by atoms with Crippen LogP contribution in [-0.4, -0.2) is 37.7 Å². The number of unbranched alkanes of at least 4 members (excludes halogenated alkanes) is 15. The van der Waals surface area contributed by atoms with Crippen molar-refractivity contribution in [3.8, 4) is 0 Å². The maximum Gasteiger partial charge on any atom is 0.306 e. The van der Waals surface area contributed by atoms with Gasteiger partial charge in [-0.3, -0.25) is 9.59 Å². The van der Waals surface area contributed by atoms with E-state index in [-0.39, 0.29) is 18.0 Å². The number of hydrogen-bond donors (Lipinski definition) is 1. The number of ether oxygens (including phenoxy) is 2. The number of carbonyl (C=O) groups is 2. The zero-order chi connectivity index (χ0) is 31.2. The highest BCUT2D eigenvalue weighted by atomic mass is 16.5. The molecule has 0 aliphatic carbocycles. The van der Waals surface area contributed by atoms with Crippen LogP contribution in [-0.2, 0) is 19.1 Å². The summed E-state index contributed by atoms with van der Waals surface area (Å²) in [7, 11) is 0. The molecule has 0 amide bonds. The molecule has 1 heterocycles. The lowest BCUT2D eigenvalue weighted by molar-refractivity contribution is -0.664. The third-order valence-corrected chi connectivity index (χ3v) is 9.51. The van der Waals surface area contributed by atoms with Crippen LogP contribution in [0.3, 0.4) is 0 Å². The van der Waals surface area contributed by atoms with Crippen molar-refractivity contribution in [2.24, 2.45) is 11.8 Å². The van der Waals surface area contributed by atoms with Gasteiger partial charge >= 0.3 is 11.9 Å². The van der Waals surface area contributed by atoms with Gasteiger partial charge in [0.25, 0.3) is 0 Å². The minimum atomic E-state index is -0.00330. The Labute approximate surface area is 267 Å².